The van der Waals surface area contributed by atoms with Crippen LogP contribution in [0.4, 0.5) is 0 Å². The van der Waals surface area contributed by atoms with E-state index >= 15 is 0 Å². The molecule has 0 amide bonds. The van der Waals surface area contributed by atoms with E-state index in [1.165, 1.54) is 12.8 Å². The molecule has 0 aromatic carbocycles. The van der Waals surface area contributed by atoms with Crippen LogP contribution in [0.5, 0.6) is 0 Å². The molecule has 2 heteroatoms. The molecule has 0 heterocycles. The van der Waals surface area contributed by atoms with Crippen LogP contribution in [-0.4, -0.2) is 24.3 Å². The van der Waals surface area contributed by atoms with Gasteiger partial charge >= 0.3 is 0 Å². The average Bonchev–Trinajstić information content (AvgIpc) is 2.21. The van der Waals surface area contributed by atoms with Gasteiger partial charge in [0, 0.05) is 6.04 Å². The monoisotopic (exact) mass is 183 g/mol. The number of aliphatic hydroxyl groups excluding tert-OH is 1. The van der Waals surface area contributed by atoms with Crippen LogP contribution in [0.1, 0.15) is 32.6 Å². The highest BCUT2D eigenvalue weighted by Gasteiger charge is 2.19. The molecule has 0 aliphatic heterocycles. The molecule has 0 aromatic heterocycles. The van der Waals surface area contributed by atoms with Crippen molar-refractivity contribution in [2.24, 2.45) is 5.92 Å². The highest BCUT2D eigenvalue weighted by Crippen LogP contribution is 2.21. The maximum Gasteiger partial charge on any atom is 0.0587 e. The summed E-state index contributed by atoms with van der Waals surface area (Å²) < 4.78 is 0. The zero-order chi connectivity index (χ0) is 9.52. The molecule has 76 valence electrons. The summed E-state index contributed by atoms with van der Waals surface area (Å²) in [6.07, 6.45) is 9.14. The van der Waals surface area contributed by atoms with E-state index in [0.29, 0.717) is 12.0 Å². The molecule has 13 heavy (non-hydrogen) atoms. The molecule has 2 N–H and O–H groups in total. The number of aliphatic hydroxyl groups is 1. The summed E-state index contributed by atoms with van der Waals surface area (Å²) in [5.41, 5.74) is 0. The zero-order valence-corrected chi connectivity index (χ0v) is 8.50. The first-order valence-corrected chi connectivity index (χ1v) is 5.37. The smallest absolute Gasteiger partial charge is 0.0587 e. The molecule has 2 atom stereocenters. The molecule has 0 spiro atoms. The fourth-order valence-corrected chi connectivity index (χ4v) is 1.89. The second-order valence-electron chi connectivity index (χ2n) is 3.79. The van der Waals surface area contributed by atoms with Crippen molar-refractivity contribution in [3.8, 4) is 0 Å². The van der Waals surface area contributed by atoms with Crippen LogP contribution in [0.2, 0.25) is 0 Å². The van der Waals surface area contributed by atoms with Gasteiger partial charge in [-0.25, -0.2) is 0 Å². The molecule has 2 nitrogen and oxygen atoms in total. The molecule has 0 radical (unpaired) electrons. The SMILES string of the molecule is CCCNC(CO)C1CC=CCC1. The molecule has 0 saturated carbocycles. The van der Waals surface area contributed by atoms with Crippen LogP contribution < -0.4 is 5.32 Å². The van der Waals surface area contributed by atoms with Crippen LogP contribution >= 0.6 is 0 Å². The van der Waals surface area contributed by atoms with Gasteiger partial charge < -0.3 is 10.4 Å². The van der Waals surface area contributed by atoms with Crippen molar-refractivity contribution in [2.45, 2.75) is 38.6 Å². The Morgan fingerprint density at radius 2 is 2.38 bits per heavy atom. The molecule has 1 aliphatic rings. The van der Waals surface area contributed by atoms with Gasteiger partial charge in [0.05, 0.1) is 6.61 Å². The van der Waals surface area contributed by atoms with Gasteiger partial charge in [-0.05, 0) is 38.1 Å². The fraction of sp³-hybridized carbons (Fsp3) is 0.818. The minimum Gasteiger partial charge on any atom is -0.395 e. The number of hydrogen-bond donors (Lipinski definition) is 2. The second kappa shape index (κ2) is 6.17. The van der Waals surface area contributed by atoms with Crippen molar-refractivity contribution in [3.63, 3.8) is 0 Å². The lowest BCUT2D eigenvalue weighted by Crippen LogP contribution is -2.40. The average molecular weight is 183 g/mol. The van der Waals surface area contributed by atoms with Gasteiger partial charge in [-0.1, -0.05) is 19.1 Å². The van der Waals surface area contributed by atoms with E-state index in [4.69, 9.17) is 0 Å². The Morgan fingerprint density at radius 3 is 2.92 bits per heavy atom. The fourth-order valence-electron chi connectivity index (χ4n) is 1.89. The van der Waals surface area contributed by atoms with Crippen LogP contribution in [0.15, 0.2) is 12.2 Å². The number of rotatable bonds is 5. The standard InChI is InChI=1S/C11H21NO/c1-2-8-12-11(9-13)10-6-4-3-5-7-10/h3-4,10-13H,2,5-9H2,1H3. The van der Waals surface area contributed by atoms with Crippen molar-refractivity contribution in [1.82, 2.24) is 5.32 Å². The first-order valence-electron chi connectivity index (χ1n) is 5.37. The Morgan fingerprint density at radius 1 is 1.54 bits per heavy atom. The maximum absolute atomic E-state index is 9.22. The van der Waals surface area contributed by atoms with Gasteiger partial charge in [0.2, 0.25) is 0 Å². The van der Waals surface area contributed by atoms with E-state index in [0.717, 1.165) is 19.4 Å². The van der Waals surface area contributed by atoms with Gasteiger partial charge in [0.15, 0.2) is 0 Å². The quantitative estimate of drug-likeness (QED) is 0.636. The maximum atomic E-state index is 9.22. The Kier molecular flexibility index (Phi) is 5.09. The Hall–Kier alpha value is -0.340. The van der Waals surface area contributed by atoms with Crippen LogP contribution in [-0.2, 0) is 0 Å². The third-order valence-corrected chi connectivity index (χ3v) is 2.73. The first-order chi connectivity index (χ1) is 6.38. The summed E-state index contributed by atoms with van der Waals surface area (Å²) in [4.78, 5) is 0. The third-order valence-electron chi connectivity index (χ3n) is 2.73. The van der Waals surface area contributed by atoms with Crippen molar-refractivity contribution < 1.29 is 5.11 Å². The molecule has 2 unspecified atom stereocenters. The summed E-state index contributed by atoms with van der Waals surface area (Å²) in [5, 5.41) is 12.6. The van der Waals surface area contributed by atoms with E-state index < -0.39 is 0 Å². The molecular formula is C11H21NO. The molecule has 0 saturated heterocycles. The summed E-state index contributed by atoms with van der Waals surface area (Å²) in [7, 11) is 0. The molecule has 0 aromatic rings. The van der Waals surface area contributed by atoms with Crippen molar-refractivity contribution >= 4 is 0 Å². The molecule has 1 rings (SSSR count). The summed E-state index contributed by atoms with van der Waals surface area (Å²) in [6.45, 7) is 3.45. The van der Waals surface area contributed by atoms with E-state index in [1.807, 2.05) is 0 Å². The molecular weight excluding hydrogens is 162 g/mol. The Balaban J connectivity index is 2.31. The summed E-state index contributed by atoms with van der Waals surface area (Å²) in [6, 6.07) is 0.310. The minimum atomic E-state index is 0.276. The predicted octanol–water partition coefficient (Wildman–Crippen LogP) is 1.70. The first kappa shape index (κ1) is 10.7. The van der Waals surface area contributed by atoms with E-state index in [2.05, 4.69) is 24.4 Å². The molecule has 0 fully saturated rings. The number of hydrogen-bond acceptors (Lipinski definition) is 2. The van der Waals surface area contributed by atoms with Gasteiger partial charge in [-0.2, -0.15) is 0 Å². The van der Waals surface area contributed by atoms with Crippen LogP contribution in [0, 0.1) is 5.92 Å². The third kappa shape index (κ3) is 3.49. The van der Waals surface area contributed by atoms with Gasteiger partial charge in [-0.3, -0.25) is 0 Å². The highest BCUT2D eigenvalue weighted by atomic mass is 16.3. The lowest BCUT2D eigenvalue weighted by atomic mass is 9.88. The normalized spacial score (nSPS) is 24.6. The second-order valence-corrected chi connectivity index (χ2v) is 3.79. The van der Waals surface area contributed by atoms with Gasteiger partial charge in [-0.15, -0.1) is 0 Å². The Labute approximate surface area is 81.0 Å². The van der Waals surface area contributed by atoms with Crippen LogP contribution in [0.25, 0.3) is 0 Å². The number of allylic oxidation sites excluding steroid dienone is 2. The molecule has 1 aliphatic carbocycles. The topological polar surface area (TPSA) is 32.3 Å². The predicted molar refractivity (Wildman–Crippen MR) is 55.6 cm³/mol. The summed E-state index contributed by atoms with van der Waals surface area (Å²) >= 11 is 0. The highest BCUT2D eigenvalue weighted by molar-refractivity contribution is 4.93. The van der Waals surface area contributed by atoms with E-state index in [1.54, 1.807) is 0 Å². The largest absolute Gasteiger partial charge is 0.395 e. The minimum absolute atomic E-state index is 0.276. The van der Waals surface area contributed by atoms with Crippen molar-refractivity contribution in [1.29, 1.82) is 0 Å². The van der Waals surface area contributed by atoms with Crippen molar-refractivity contribution in [2.75, 3.05) is 13.2 Å². The van der Waals surface area contributed by atoms with Crippen molar-refractivity contribution in [3.05, 3.63) is 12.2 Å². The summed E-state index contributed by atoms with van der Waals surface area (Å²) in [5.74, 6) is 0.640. The van der Waals surface area contributed by atoms with Crippen LogP contribution in [0.3, 0.4) is 0 Å². The van der Waals surface area contributed by atoms with E-state index in [9.17, 15) is 5.11 Å². The van der Waals surface area contributed by atoms with Gasteiger partial charge in [0.1, 0.15) is 0 Å². The number of nitrogens with one attached hydrogen (secondary N) is 1. The zero-order valence-electron chi connectivity index (χ0n) is 8.50. The Bertz CT molecular complexity index is 156. The van der Waals surface area contributed by atoms with E-state index in [-0.39, 0.29) is 6.61 Å². The molecule has 0 bridgehead atoms. The van der Waals surface area contributed by atoms with Gasteiger partial charge in [0.25, 0.3) is 0 Å². The lowest BCUT2D eigenvalue weighted by molar-refractivity contribution is 0.191. The lowest BCUT2D eigenvalue weighted by Gasteiger charge is -2.27.